The Morgan fingerprint density at radius 3 is 2.37 bits per heavy atom. The number of hydrogen-bond donors (Lipinski definition) is 2. The molecule has 1 heterocycles. The Bertz CT molecular complexity index is 1060. The SMILES string of the molecule is Oc1ccc(Cc2cn(Cc3cccc(-c4ccccc4)c3)nn2)cc1O. The van der Waals surface area contributed by atoms with Crippen LogP contribution in [0.25, 0.3) is 11.1 Å². The van der Waals surface area contributed by atoms with E-state index in [1.807, 2.05) is 24.4 Å². The maximum atomic E-state index is 9.61. The summed E-state index contributed by atoms with van der Waals surface area (Å²) in [7, 11) is 0. The molecule has 0 aliphatic heterocycles. The molecule has 0 saturated carbocycles. The van der Waals surface area contributed by atoms with E-state index in [1.54, 1.807) is 10.7 Å². The number of phenolic OH excluding ortho intramolecular Hbond substituents is 2. The fourth-order valence-electron chi connectivity index (χ4n) is 3.05. The minimum absolute atomic E-state index is 0.124. The molecular formula is C22H19N3O2. The van der Waals surface area contributed by atoms with Gasteiger partial charge in [-0.25, -0.2) is 4.68 Å². The molecule has 0 atom stereocenters. The molecule has 0 aliphatic rings. The van der Waals surface area contributed by atoms with Crippen molar-refractivity contribution >= 4 is 0 Å². The number of benzene rings is 3. The van der Waals surface area contributed by atoms with E-state index < -0.39 is 0 Å². The van der Waals surface area contributed by atoms with Gasteiger partial charge in [0.1, 0.15) is 0 Å². The summed E-state index contributed by atoms with van der Waals surface area (Å²) >= 11 is 0. The van der Waals surface area contributed by atoms with Crippen LogP contribution in [0.5, 0.6) is 11.5 Å². The van der Waals surface area contributed by atoms with Crippen LogP contribution < -0.4 is 0 Å². The lowest BCUT2D eigenvalue weighted by Gasteiger charge is -2.05. The van der Waals surface area contributed by atoms with Crippen molar-refractivity contribution in [1.82, 2.24) is 15.0 Å². The third-order valence-electron chi connectivity index (χ3n) is 4.39. The van der Waals surface area contributed by atoms with Crippen LogP contribution in [0.15, 0.2) is 79.0 Å². The first-order valence-corrected chi connectivity index (χ1v) is 8.71. The van der Waals surface area contributed by atoms with Gasteiger partial charge < -0.3 is 10.2 Å². The normalized spacial score (nSPS) is 10.8. The number of phenols is 2. The lowest BCUT2D eigenvalue weighted by atomic mass is 10.0. The van der Waals surface area contributed by atoms with E-state index in [1.165, 1.54) is 23.3 Å². The molecule has 1 aromatic heterocycles. The molecule has 5 nitrogen and oxygen atoms in total. The summed E-state index contributed by atoms with van der Waals surface area (Å²) in [6.45, 7) is 0.633. The summed E-state index contributed by atoms with van der Waals surface area (Å²) in [6.07, 6.45) is 2.44. The summed E-state index contributed by atoms with van der Waals surface area (Å²) in [4.78, 5) is 0. The number of aromatic hydroxyl groups is 2. The van der Waals surface area contributed by atoms with E-state index in [4.69, 9.17) is 0 Å². The van der Waals surface area contributed by atoms with Crippen molar-refractivity contribution in [3.05, 3.63) is 95.8 Å². The summed E-state index contributed by atoms with van der Waals surface area (Å²) in [5, 5.41) is 27.4. The van der Waals surface area contributed by atoms with Crippen LogP contribution in [0.4, 0.5) is 0 Å². The second-order valence-corrected chi connectivity index (χ2v) is 6.47. The lowest BCUT2D eigenvalue weighted by Crippen LogP contribution is -2.00. The Morgan fingerprint density at radius 1 is 0.741 bits per heavy atom. The van der Waals surface area contributed by atoms with Gasteiger partial charge in [0.05, 0.1) is 12.2 Å². The number of nitrogens with zero attached hydrogens (tertiary/aromatic N) is 3. The first-order valence-electron chi connectivity index (χ1n) is 8.71. The molecule has 0 fully saturated rings. The van der Waals surface area contributed by atoms with Gasteiger partial charge in [0, 0.05) is 12.6 Å². The van der Waals surface area contributed by atoms with Crippen LogP contribution in [0.2, 0.25) is 0 Å². The van der Waals surface area contributed by atoms with Gasteiger partial charge in [-0.2, -0.15) is 0 Å². The highest BCUT2D eigenvalue weighted by molar-refractivity contribution is 5.63. The van der Waals surface area contributed by atoms with E-state index in [9.17, 15) is 10.2 Å². The highest BCUT2D eigenvalue weighted by atomic mass is 16.3. The van der Waals surface area contributed by atoms with E-state index >= 15 is 0 Å². The fourth-order valence-corrected chi connectivity index (χ4v) is 3.05. The predicted molar refractivity (Wildman–Crippen MR) is 104 cm³/mol. The van der Waals surface area contributed by atoms with Gasteiger partial charge in [-0.05, 0) is 40.5 Å². The topological polar surface area (TPSA) is 71.2 Å². The van der Waals surface area contributed by atoms with Gasteiger partial charge in [-0.15, -0.1) is 5.10 Å². The van der Waals surface area contributed by atoms with Crippen molar-refractivity contribution in [3.8, 4) is 22.6 Å². The van der Waals surface area contributed by atoms with E-state index in [0.29, 0.717) is 13.0 Å². The maximum absolute atomic E-state index is 9.61. The van der Waals surface area contributed by atoms with Gasteiger partial charge in [-0.1, -0.05) is 59.8 Å². The zero-order valence-corrected chi connectivity index (χ0v) is 14.7. The highest BCUT2D eigenvalue weighted by Crippen LogP contribution is 2.26. The first-order chi connectivity index (χ1) is 13.2. The largest absolute Gasteiger partial charge is 0.504 e. The van der Waals surface area contributed by atoms with Gasteiger partial charge in [0.25, 0.3) is 0 Å². The fraction of sp³-hybridized carbons (Fsp3) is 0.0909. The molecule has 0 saturated heterocycles. The average molecular weight is 357 g/mol. The minimum Gasteiger partial charge on any atom is -0.504 e. The molecule has 4 aromatic rings. The van der Waals surface area contributed by atoms with Crippen molar-refractivity contribution in [1.29, 1.82) is 0 Å². The summed E-state index contributed by atoms with van der Waals surface area (Å²) in [5.74, 6) is -0.252. The second kappa shape index (κ2) is 7.33. The van der Waals surface area contributed by atoms with Crippen molar-refractivity contribution in [2.45, 2.75) is 13.0 Å². The first kappa shape index (κ1) is 16.8. The Balaban J connectivity index is 1.49. The molecule has 5 heteroatoms. The molecule has 0 aliphatic carbocycles. The monoisotopic (exact) mass is 357 g/mol. The van der Waals surface area contributed by atoms with Crippen LogP contribution in [0.3, 0.4) is 0 Å². The van der Waals surface area contributed by atoms with E-state index in [2.05, 4.69) is 46.7 Å². The van der Waals surface area contributed by atoms with E-state index in [-0.39, 0.29) is 11.5 Å². The zero-order valence-electron chi connectivity index (χ0n) is 14.7. The summed E-state index contributed by atoms with van der Waals surface area (Å²) in [6, 6.07) is 23.4. The van der Waals surface area contributed by atoms with Crippen LogP contribution >= 0.6 is 0 Å². The third-order valence-corrected chi connectivity index (χ3v) is 4.39. The van der Waals surface area contributed by atoms with Crippen molar-refractivity contribution in [2.24, 2.45) is 0 Å². The number of aromatic nitrogens is 3. The minimum atomic E-state index is -0.127. The molecule has 3 aromatic carbocycles. The summed E-state index contributed by atoms with van der Waals surface area (Å²) < 4.78 is 1.81. The number of hydrogen-bond acceptors (Lipinski definition) is 4. The molecule has 0 radical (unpaired) electrons. The smallest absolute Gasteiger partial charge is 0.157 e. The van der Waals surface area contributed by atoms with Gasteiger partial charge in [0.2, 0.25) is 0 Å². The highest BCUT2D eigenvalue weighted by Gasteiger charge is 2.06. The van der Waals surface area contributed by atoms with Crippen LogP contribution in [0.1, 0.15) is 16.8 Å². The van der Waals surface area contributed by atoms with Gasteiger partial charge in [0.15, 0.2) is 11.5 Å². The molecule has 2 N–H and O–H groups in total. The molecule has 0 bridgehead atoms. The van der Waals surface area contributed by atoms with E-state index in [0.717, 1.165) is 16.8 Å². The second-order valence-electron chi connectivity index (χ2n) is 6.47. The molecular weight excluding hydrogens is 338 g/mol. The van der Waals surface area contributed by atoms with Crippen molar-refractivity contribution in [3.63, 3.8) is 0 Å². The number of rotatable bonds is 5. The standard InChI is InChI=1S/C22H19N3O2/c26-21-10-9-16(13-22(21)27)12-20-15-25(24-23-20)14-17-5-4-8-19(11-17)18-6-2-1-3-7-18/h1-11,13,15,26-27H,12,14H2. The Morgan fingerprint density at radius 2 is 1.56 bits per heavy atom. The Kier molecular flexibility index (Phi) is 4.58. The summed E-state index contributed by atoms with van der Waals surface area (Å²) in [5.41, 5.74) is 5.18. The molecule has 27 heavy (non-hydrogen) atoms. The van der Waals surface area contributed by atoms with Crippen LogP contribution in [0, 0.1) is 0 Å². The molecule has 0 amide bonds. The van der Waals surface area contributed by atoms with Crippen LogP contribution in [-0.2, 0) is 13.0 Å². The lowest BCUT2D eigenvalue weighted by molar-refractivity contribution is 0.403. The van der Waals surface area contributed by atoms with Gasteiger partial charge >= 0.3 is 0 Å². The molecule has 134 valence electrons. The third kappa shape index (κ3) is 3.98. The molecule has 4 rings (SSSR count). The Labute approximate surface area is 157 Å². The average Bonchev–Trinajstić information content (AvgIpc) is 3.12. The van der Waals surface area contributed by atoms with Gasteiger partial charge in [-0.3, -0.25) is 0 Å². The van der Waals surface area contributed by atoms with Crippen LogP contribution in [-0.4, -0.2) is 25.2 Å². The molecule has 0 spiro atoms. The molecule has 0 unspecified atom stereocenters. The van der Waals surface area contributed by atoms with Crippen molar-refractivity contribution in [2.75, 3.05) is 0 Å². The quantitative estimate of drug-likeness (QED) is 0.530. The van der Waals surface area contributed by atoms with Crippen molar-refractivity contribution < 1.29 is 10.2 Å². The maximum Gasteiger partial charge on any atom is 0.157 e. The Hall–Kier alpha value is -3.60. The predicted octanol–water partition coefficient (Wildman–Crippen LogP) is 4.00. The zero-order chi connectivity index (χ0) is 18.6.